The van der Waals surface area contributed by atoms with Crippen molar-refractivity contribution in [1.82, 2.24) is 14.3 Å². The molecular formula is C17H21BrFN3O2. The first-order valence-corrected chi connectivity index (χ1v) is 8.77. The Morgan fingerprint density at radius 1 is 1.46 bits per heavy atom. The lowest BCUT2D eigenvalue weighted by molar-refractivity contribution is -0.00765. The number of piperidine rings is 1. The van der Waals surface area contributed by atoms with Crippen molar-refractivity contribution in [3.8, 4) is 0 Å². The van der Waals surface area contributed by atoms with Gasteiger partial charge in [-0.3, -0.25) is 0 Å². The summed E-state index contributed by atoms with van der Waals surface area (Å²) in [5, 5.41) is 0. The van der Waals surface area contributed by atoms with E-state index in [1.807, 2.05) is 18.3 Å². The number of halogens is 2. The van der Waals surface area contributed by atoms with Gasteiger partial charge >= 0.3 is 6.09 Å². The summed E-state index contributed by atoms with van der Waals surface area (Å²) < 4.78 is 23.6. The molecule has 5 nitrogen and oxygen atoms in total. The van der Waals surface area contributed by atoms with Gasteiger partial charge in [-0.05, 0) is 45.7 Å². The van der Waals surface area contributed by atoms with Crippen LogP contribution in [0.25, 0.3) is 5.65 Å². The summed E-state index contributed by atoms with van der Waals surface area (Å²) in [6.45, 7) is 5.87. The number of aromatic nitrogens is 2. The molecule has 0 saturated carbocycles. The molecule has 0 radical (unpaired) electrons. The Labute approximate surface area is 148 Å². The summed E-state index contributed by atoms with van der Waals surface area (Å²) in [6.07, 6.45) is 3.97. The van der Waals surface area contributed by atoms with Gasteiger partial charge in [0.15, 0.2) is 5.67 Å². The molecule has 1 amide bonds. The zero-order valence-corrected chi connectivity index (χ0v) is 15.6. The number of ether oxygens (including phenoxy) is 1. The molecule has 0 spiro atoms. The van der Waals surface area contributed by atoms with Crippen molar-refractivity contribution in [2.45, 2.75) is 44.9 Å². The molecule has 0 bridgehead atoms. The van der Waals surface area contributed by atoms with Crippen LogP contribution in [0.1, 0.15) is 39.3 Å². The minimum absolute atomic E-state index is 0.0348. The van der Waals surface area contributed by atoms with Crippen molar-refractivity contribution in [3.05, 3.63) is 34.7 Å². The van der Waals surface area contributed by atoms with Gasteiger partial charge < -0.3 is 14.0 Å². The normalized spacial score (nSPS) is 22.0. The minimum Gasteiger partial charge on any atom is -0.444 e. The van der Waals surface area contributed by atoms with Crippen molar-refractivity contribution in [2.75, 3.05) is 13.1 Å². The van der Waals surface area contributed by atoms with E-state index in [4.69, 9.17) is 4.74 Å². The number of hydrogen-bond donors (Lipinski definition) is 0. The predicted octanol–water partition coefficient (Wildman–Crippen LogP) is 4.29. The Bertz CT molecular complexity index is 771. The van der Waals surface area contributed by atoms with Gasteiger partial charge in [0, 0.05) is 23.4 Å². The third kappa shape index (κ3) is 3.55. The molecule has 0 aliphatic carbocycles. The highest BCUT2D eigenvalue weighted by molar-refractivity contribution is 9.10. The van der Waals surface area contributed by atoms with E-state index >= 15 is 4.39 Å². The molecule has 1 aliphatic rings. The van der Waals surface area contributed by atoms with Gasteiger partial charge in [0.1, 0.15) is 11.2 Å². The van der Waals surface area contributed by atoms with Gasteiger partial charge in [-0.1, -0.05) is 15.9 Å². The summed E-state index contributed by atoms with van der Waals surface area (Å²) in [6, 6.07) is 3.71. The molecule has 1 aliphatic heterocycles. The average Bonchev–Trinajstić information content (AvgIpc) is 2.89. The van der Waals surface area contributed by atoms with Crippen LogP contribution in [-0.4, -0.2) is 39.1 Å². The van der Waals surface area contributed by atoms with E-state index in [0.717, 1.165) is 4.47 Å². The Hall–Kier alpha value is -1.63. The molecule has 3 rings (SSSR count). The summed E-state index contributed by atoms with van der Waals surface area (Å²) >= 11 is 3.39. The maximum absolute atomic E-state index is 15.5. The highest BCUT2D eigenvalue weighted by Crippen LogP contribution is 2.35. The van der Waals surface area contributed by atoms with Crippen LogP contribution in [0, 0.1) is 0 Å². The first-order valence-electron chi connectivity index (χ1n) is 7.98. The summed E-state index contributed by atoms with van der Waals surface area (Å²) in [7, 11) is 0. The molecule has 130 valence electrons. The molecule has 2 aromatic heterocycles. The number of nitrogens with zero attached hydrogens (tertiary/aromatic N) is 3. The topological polar surface area (TPSA) is 46.8 Å². The van der Waals surface area contributed by atoms with Gasteiger partial charge in [0.05, 0.1) is 12.2 Å². The molecule has 1 unspecified atom stereocenters. The lowest BCUT2D eigenvalue weighted by atomic mass is 9.92. The van der Waals surface area contributed by atoms with E-state index in [2.05, 4.69) is 20.9 Å². The number of likely N-dealkylation sites (tertiary alicyclic amines) is 1. The number of hydrogen-bond acceptors (Lipinski definition) is 3. The predicted molar refractivity (Wildman–Crippen MR) is 92.7 cm³/mol. The van der Waals surface area contributed by atoms with E-state index in [0.29, 0.717) is 30.7 Å². The molecule has 2 aromatic rings. The second-order valence-corrected chi connectivity index (χ2v) is 8.12. The van der Waals surface area contributed by atoms with Crippen LogP contribution in [-0.2, 0) is 10.4 Å². The van der Waals surface area contributed by atoms with E-state index < -0.39 is 17.4 Å². The van der Waals surface area contributed by atoms with E-state index in [9.17, 15) is 4.79 Å². The van der Waals surface area contributed by atoms with Crippen molar-refractivity contribution >= 4 is 27.7 Å². The lowest BCUT2D eigenvalue weighted by Crippen LogP contribution is -2.48. The lowest BCUT2D eigenvalue weighted by Gasteiger charge is -2.37. The molecule has 0 aromatic carbocycles. The van der Waals surface area contributed by atoms with Crippen LogP contribution in [0.4, 0.5) is 9.18 Å². The van der Waals surface area contributed by atoms with E-state index in [-0.39, 0.29) is 6.54 Å². The summed E-state index contributed by atoms with van der Waals surface area (Å²) in [4.78, 5) is 18.1. The monoisotopic (exact) mass is 397 g/mol. The molecule has 24 heavy (non-hydrogen) atoms. The molecule has 3 heterocycles. The Morgan fingerprint density at radius 3 is 2.92 bits per heavy atom. The van der Waals surface area contributed by atoms with Crippen LogP contribution in [0.3, 0.4) is 0 Å². The Balaban J connectivity index is 1.84. The van der Waals surface area contributed by atoms with Crippen LogP contribution in [0.15, 0.2) is 29.0 Å². The van der Waals surface area contributed by atoms with E-state index in [1.54, 1.807) is 31.4 Å². The Kier molecular flexibility index (Phi) is 4.32. The summed E-state index contributed by atoms with van der Waals surface area (Å²) in [5.41, 5.74) is -1.23. The number of amides is 1. The van der Waals surface area contributed by atoms with Gasteiger partial charge in [-0.15, -0.1) is 0 Å². The zero-order valence-electron chi connectivity index (χ0n) is 14.1. The smallest absolute Gasteiger partial charge is 0.410 e. The highest BCUT2D eigenvalue weighted by atomic mass is 79.9. The van der Waals surface area contributed by atoms with Crippen molar-refractivity contribution in [1.29, 1.82) is 0 Å². The van der Waals surface area contributed by atoms with Crippen molar-refractivity contribution in [3.63, 3.8) is 0 Å². The third-order valence-corrected chi connectivity index (χ3v) is 4.47. The van der Waals surface area contributed by atoms with Gasteiger partial charge in [-0.2, -0.15) is 0 Å². The number of pyridine rings is 1. The molecule has 7 heteroatoms. The maximum Gasteiger partial charge on any atom is 0.410 e. The first kappa shape index (κ1) is 17.2. The number of carbonyl (C=O) groups excluding carboxylic acids is 1. The number of rotatable bonds is 1. The number of imidazole rings is 1. The number of carbonyl (C=O) groups is 1. The fourth-order valence-electron chi connectivity index (χ4n) is 2.88. The second kappa shape index (κ2) is 6.02. The van der Waals surface area contributed by atoms with Crippen molar-refractivity contribution < 1.29 is 13.9 Å². The standard InChI is InChI=1S/C17H21BrFN3O2/c1-16(2,3)24-15(23)22-7-4-6-17(19,11-22)13-10-21-8-5-12(18)9-14(21)20-13/h5,8-10H,4,6-7,11H2,1-3H3. The summed E-state index contributed by atoms with van der Waals surface area (Å²) in [5.74, 6) is 0. The van der Waals surface area contributed by atoms with Crippen LogP contribution in [0.2, 0.25) is 0 Å². The van der Waals surface area contributed by atoms with Crippen LogP contribution >= 0.6 is 15.9 Å². The highest BCUT2D eigenvalue weighted by Gasteiger charge is 2.42. The van der Waals surface area contributed by atoms with Crippen LogP contribution in [0.5, 0.6) is 0 Å². The SMILES string of the molecule is CC(C)(C)OC(=O)N1CCCC(F)(c2cn3ccc(Br)cc3n2)C1. The third-order valence-electron chi connectivity index (χ3n) is 3.98. The molecule has 1 saturated heterocycles. The van der Waals surface area contributed by atoms with Crippen molar-refractivity contribution in [2.24, 2.45) is 0 Å². The average molecular weight is 398 g/mol. The number of fused-ring (bicyclic) bond motifs is 1. The van der Waals surface area contributed by atoms with E-state index in [1.165, 1.54) is 4.90 Å². The quantitative estimate of drug-likeness (QED) is 0.720. The molecular weight excluding hydrogens is 377 g/mol. The second-order valence-electron chi connectivity index (χ2n) is 7.21. The van der Waals surface area contributed by atoms with Gasteiger partial charge in [0.25, 0.3) is 0 Å². The fraction of sp³-hybridized carbons (Fsp3) is 0.529. The van der Waals surface area contributed by atoms with Gasteiger partial charge in [0.2, 0.25) is 0 Å². The number of alkyl halides is 1. The minimum atomic E-state index is -1.66. The fourth-order valence-corrected chi connectivity index (χ4v) is 3.20. The zero-order chi connectivity index (χ0) is 17.5. The first-order chi connectivity index (χ1) is 11.2. The molecule has 0 N–H and O–H groups in total. The Morgan fingerprint density at radius 2 is 2.21 bits per heavy atom. The molecule has 1 atom stereocenters. The van der Waals surface area contributed by atoms with Crippen LogP contribution < -0.4 is 0 Å². The largest absolute Gasteiger partial charge is 0.444 e. The molecule has 1 fully saturated rings. The maximum atomic E-state index is 15.5. The van der Waals surface area contributed by atoms with Gasteiger partial charge in [-0.25, -0.2) is 14.2 Å².